The van der Waals surface area contributed by atoms with E-state index >= 15 is 0 Å². The van der Waals surface area contributed by atoms with E-state index in [1.54, 1.807) is 0 Å². The first-order valence-electron chi connectivity index (χ1n) is 28.3. The summed E-state index contributed by atoms with van der Waals surface area (Å²) in [6.07, 6.45) is 0. The van der Waals surface area contributed by atoms with E-state index in [1.807, 2.05) is 18.2 Å². The van der Waals surface area contributed by atoms with Gasteiger partial charge in [-0.1, -0.05) is 247 Å². The zero-order valence-corrected chi connectivity index (χ0v) is 54.7. The van der Waals surface area contributed by atoms with E-state index in [2.05, 4.69) is 248 Å². The number of benzene rings is 5. The third-order valence-corrected chi connectivity index (χ3v) is 18.0. The zero-order chi connectivity index (χ0) is 57.9. The molecule has 5 aromatic rings. The Labute approximate surface area is 470 Å². The number of rotatable bonds is 5. The number of hydrogen-bond donors (Lipinski definition) is 0. The van der Waals surface area contributed by atoms with Crippen LogP contribution in [0.4, 0.5) is 0 Å². The number of fused-ring (bicyclic) bond motifs is 4. The van der Waals surface area contributed by atoms with Gasteiger partial charge in [-0.3, -0.25) is 4.52 Å². The maximum atomic E-state index is 7.46. The molecule has 0 saturated heterocycles. The molecule has 0 N–H and O–H groups in total. The highest BCUT2D eigenvalue weighted by molar-refractivity contribution is 7.43. The molecule has 0 radical (unpaired) electrons. The van der Waals surface area contributed by atoms with Crippen molar-refractivity contribution in [3.05, 3.63) is 145 Å². The van der Waals surface area contributed by atoms with Crippen molar-refractivity contribution in [2.24, 2.45) is 0 Å². The van der Waals surface area contributed by atoms with Gasteiger partial charge in [0.15, 0.2) is 0 Å². The fraction of sp³-hybridized carbons (Fsp3) is 0.565. The minimum Gasteiger partial charge on any atom is -0.417 e. The Kier molecular flexibility index (Phi) is 15.9. The number of hydrogen-bond acceptors (Lipinski definition) is 6. The monoisotopic (exact) mass is 1080 g/mol. The van der Waals surface area contributed by atoms with Crippen molar-refractivity contribution >= 4 is 17.2 Å². The van der Waals surface area contributed by atoms with Crippen LogP contribution in [0.2, 0.25) is 0 Å². The molecule has 0 unspecified atom stereocenters. The van der Waals surface area contributed by atoms with Gasteiger partial charge in [-0.05, 0) is 85.5 Å². The topological polar surface area (TPSA) is 55.4 Å². The van der Waals surface area contributed by atoms with Crippen LogP contribution in [-0.2, 0) is 53.4 Å². The predicted octanol–water partition coefficient (Wildman–Crippen LogP) is 21.4. The van der Waals surface area contributed by atoms with Gasteiger partial charge in [-0.15, -0.1) is 0 Å². The molecule has 77 heavy (non-hydrogen) atoms. The van der Waals surface area contributed by atoms with Crippen LogP contribution in [0.3, 0.4) is 0 Å². The van der Waals surface area contributed by atoms with Crippen LogP contribution >= 0.6 is 17.2 Å². The van der Waals surface area contributed by atoms with Gasteiger partial charge >= 0.3 is 17.2 Å². The Morgan fingerprint density at radius 1 is 0.325 bits per heavy atom. The smallest absolute Gasteiger partial charge is 0.417 e. The largest absolute Gasteiger partial charge is 0.530 e. The first-order chi connectivity index (χ1) is 34.8. The number of para-hydroxylation sites is 1. The second-order valence-electron chi connectivity index (χ2n) is 31.2. The van der Waals surface area contributed by atoms with E-state index in [1.165, 1.54) is 22.3 Å². The minimum atomic E-state index is -2.12. The Morgan fingerprint density at radius 3 is 0.844 bits per heavy atom. The van der Waals surface area contributed by atoms with Crippen LogP contribution < -0.4 is 22.6 Å². The third-order valence-electron chi connectivity index (χ3n) is 15.7. The van der Waals surface area contributed by atoms with E-state index in [9.17, 15) is 0 Å². The highest BCUT2D eigenvalue weighted by atomic mass is 31.2. The molecule has 2 aliphatic rings. The summed E-state index contributed by atoms with van der Waals surface area (Å²) in [5.41, 5.74) is 12.5. The lowest BCUT2D eigenvalue weighted by molar-refractivity contribution is 0.0914. The molecular formula is C69H98O6P2. The molecule has 0 fully saturated rings. The Bertz CT molecular complexity index is 2840. The fourth-order valence-corrected chi connectivity index (χ4v) is 12.8. The molecule has 0 bridgehead atoms. The normalized spacial score (nSPS) is 18.9. The molecule has 2 aliphatic heterocycles. The Hall–Kier alpha value is -4.08. The molecule has 0 spiro atoms. The van der Waals surface area contributed by atoms with Crippen molar-refractivity contribution in [1.82, 2.24) is 0 Å². The van der Waals surface area contributed by atoms with Crippen LogP contribution in [0.15, 0.2) is 72.8 Å². The summed E-state index contributed by atoms with van der Waals surface area (Å²) in [6.45, 7) is 63.6. The molecular weight excluding hydrogens is 987 g/mol. The lowest BCUT2D eigenvalue weighted by Gasteiger charge is -2.38. The van der Waals surface area contributed by atoms with Crippen molar-refractivity contribution in [1.29, 1.82) is 0 Å². The average molecular weight is 1090 g/mol. The molecule has 8 heteroatoms. The average Bonchev–Trinajstić information content (AvgIpc) is 3.24. The van der Waals surface area contributed by atoms with Gasteiger partial charge in [0.2, 0.25) is 0 Å². The summed E-state index contributed by atoms with van der Waals surface area (Å²) in [5.74, 6) is 3.79. The molecule has 0 saturated carbocycles. The second kappa shape index (κ2) is 20.2. The summed E-state index contributed by atoms with van der Waals surface area (Å²) in [5, 5.41) is 0. The van der Waals surface area contributed by atoms with Crippen LogP contribution in [0.1, 0.15) is 278 Å². The summed E-state index contributed by atoms with van der Waals surface area (Å²) in [4.78, 5) is 0. The van der Waals surface area contributed by atoms with Gasteiger partial charge in [-0.2, -0.15) is 0 Å². The van der Waals surface area contributed by atoms with Crippen LogP contribution in [0.25, 0.3) is 0 Å². The van der Waals surface area contributed by atoms with Gasteiger partial charge in [0.25, 0.3) is 0 Å². The van der Waals surface area contributed by atoms with E-state index < -0.39 is 22.8 Å². The molecule has 0 amide bonds. The van der Waals surface area contributed by atoms with Crippen LogP contribution in [-0.4, -0.2) is 0 Å². The van der Waals surface area contributed by atoms with Gasteiger partial charge in [0.05, 0.1) is 0 Å². The highest BCUT2D eigenvalue weighted by Gasteiger charge is 2.43. The van der Waals surface area contributed by atoms with Crippen molar-refractivity contribution in [3.8, 4) is 28.7 Å². The van der Waals surface area contributed by atoms with Crippen LogP contribution in [0, 0.1) is 0 Å². The molecule has 420 valence electrons. The summed E-state index contributed by atoms with van der Waals surface area (Å²) in [6, 6.07) is 27.0. The van der Waals surface area contributed by atoms with Crippen molar-refractivity contribution < 1.29 is 27.1 Å². The summed E-state index contributed by atoms with van der Waals surface area (Å²) >= 11 is 0. The molecule has 7 rings (SSSR count). The van der Waals surface area contributed by atoms with E-state index in [0.717, 1.165) is 73.1 Å². The molecule has 0 atom stereocenters. The van der Waals surface area contributed by atoms with Gasteiger partial charge < -0.3 is 22.6 Å². The maximum absolute atomic E-state index is 7.46. The first-order valence-corrected chi connectivity index (χ1v) is 30.5. The van der Waals surface area contributed by atoms with Gasteiger partial charge in [0, 0.05) is 61.9 Å². The molecule has 5 aromatic carbocycles. The highest BCUT2D eigenvalue weighted by Crippen LogP contribution is 2.61. The Morgan fingerprint density at radius 2 is 0.584 bits per heavy atom. The Balaban J connectivity index is 1.43. The van der Waals surface area contributed by atoms with E-state index in [0.29, 0.717) is 5.75 Å². The van der Waals surface area contributed by atoms with Crippen LogP contribution in [0.5, 0.6) is 28.7 Å². The lowest BCUT2D eigenvalue weighted by Crippen LogP contribution is -2.26. The standard InChI is InChI=1S/C69H98O6P2/c1-41-47-33-43(61(3,4)5)37-52(65(15,16)17)57(47)71-76(72-58-48(41)34-44(62(6,7)8)38-53(58)66(18,19)20)70-56-32-30-29-31-51(56)69(27,28)75-77-73-59-49(35-45(63(9,10)11)39-54(59)67(21,22)23)42(2)50-36-46(64(12,13)14)40-55(60(50)74-77)68(24,25)26/h29-42H,1-28H3. The SMILES string of the molecule is CC1c2cc(C(C)(C)C)cc(C(C)(C)C)c2OP(Oc2ccccc2C(C)(C)OP2Oc3c(cc(C(C)(C)C)cc3C(C)(C)C)C(C)c3cc(C(C)(C)C)cc(C(C)(C)C)c3O2)Oc2c1cc(C(C)(C)C)cc2C(C)(C)C. The molecule has 0 aliphatic carbocycles. The summed E-state index contributed by atoms with van der Waals surface area (Å²) in [7, 11) is -4.23. The molecule has 0 aromatic heterocycles. The second-order valence-corrected chi connectivity index (χ2v) is 33.2. The summed E-state index contributed by atoms with van der Waals surface area (Å²) < 4.78 is 44.4. The van der Waals surface area contributed by atoms with Gasteiger partial charge in [-0.25, -0.2) is 0 Å². The van der Waals surface area contributed by atoms with Crippen molar-refractivity contribution in [2.45, 2.75) is 255 Å². The minimum absolute atomic E-state index is 0.0480. The zero-order valence-electron chi connectivity index (χ0n) is 52.9. The first kappa shape index (κ1) is 60.6. The van der Waals surface area contributed by atoms with Crippen molar-refractivity contribution in [3.63, 3.8) is 0 Å². The van der Waals surface area contributed by atoms with E-state index in [4.69, 9.17) is 27.1 Å². The lowest BCUT2D eigenvalue weighted by atomic mass is 9.74. The fourth-order valence-electron chi connectivity index (χ4n) is 10.4. The maximum Gasteiger partial charge on any atom is 0.530 e. The third kappa shape index (κ3) is 12.8. The van der Waals surface area contributed by atoms with E-state index in [-0.39, 0.29) is 55.2 Å². The molecule has 6 nitrogen and oxygen atoms in total. The van der Waals surface area contributed by atoms with Gasteiger partial charge in [0.1, 0.15) is 34.3 Å². The predicted molar refractivity (Wildman–Crippen MR) is 328 cm³/mol. The van der Waals surface area contributed by atoms with Crippen molar-refractivity contribution in [2.75, 3.05) is 0 Å². The molecule has 2 heterocycles. The quantitative estimate of drug-likeness (QED) is 0.164.